The predicted molar refractivity (Wildman–Crippen MR) is 34.8 cm³/mol. The molecule has 0 aromatic heterocycles. The zero-order valence-electron chi connectivity index (χ0n) is 5.90. The summed E-state index contributed by atoms with van der Waals surface area (Å²) in [6, 6.07) is 0. The second-order valence-corrected chi connectivity index (χ2v) is 1.80. The molecule has 0 heterocycles. The van der Waals surface area contributed by atoms with Crippen molar-refractivity contribution in [3.05, 3.63) is 0 Å². The van der Waals surface area contributed by atoms with Crippen LogP contribution in [0.4, 0.5) is 0 Å². The van der Waals surface area contributed by atoms with Crippen molar-refractivity contribution < 1.29 is 4.74 Å². The maximum absolute atomic E-state index is 5.03. The average molecular weight is 117 g/mol. The number of methoxy groups -OCH3 is 1. The van der Waals surface area contributed by atoms with Gasteiger partial charge in [-0.25, -0.2) is 0 Å². The van der Waals surface area contributed by atoms with Crippen molar-refractivity contribution >= 4 is 0 Å². The van der Waals surface area contributed by atoms with Gasteiger partial charge in [0.2, 0.25) is 0 Å². The van der Waals surface area contributed by atoms with Crippen LogP contribution in [0.25, 0.3) is 0 Å². The van der Waals surface area contributed by atoms with Gasteiger partial charge in [-0.3, -0.25) is 5.32 Å². The molecule has 0 spiro atoms. The number of nitrogens with one attached hydrogen (secondary N) is 1. The first-order chi connectivity index (χ1) is 3.85. The summed E-state index contributed by atoms with van der Waals surface area (Å²) in [6.45, 7) is 2.14. The van der Waals surface area contributed by atoms with Crippen LogP contribution in [0.2, 0.25) is 0 Å². The van der Waals surface area contributed by atoms with Crippen LogP contribution in [0.1, 0.15) is 19.8 Å². The second-order valence-electron chi connectivity index (χ2n) is 1.80. The average Bonchev–Trinajstić information content (AvgIpc) is 1.83. The zero-order chi connectivity index (χ0) is 6.41. The van der Waals surface area contributed by atoms with Crippen molar-refractivity contribution in [3.8, 4) is 0 Å². The van der Waals surface area contributed by atoms with Crippen molar-refractivity contribution in [2.75, 3.05) is 14.2 Å². The first kappa shape index (κ1) is 7.92. The lowest BCUT2D eigenvalue weighted by atomic mass is 10.3. The van der Waals surface area contributed by atoms with Gasteiger partial charge in [0.15, 0.2) is 0 Å². The third kappa shape index (κ3) is 2.99. The van der Waals surface area contributed by atoms with Crippen molar-refractivity contribution in [1.82, 2.24) is 5.32 Å². The standard InChI is InChI=1S/C6H15NO/c1-4-5-6(7-2)8-3/h6-7H,4-5H2,1-3H3/t6-/m0/s1. The molecule has 0 unspecified atom stereocenters. The topological polar surface area (TPSA) is 21.3 Å². The monoisotopic (exact) mass is 117 g/mol. The van der Waals surface area contributed by atoms with Crippen LogP contribution < -0.4 is 5.32 Å². The maximum Gasteiger partial charge on any atom is 0.107 e. The fraction of sp³-hybridized carbons (Fsp3) is 1.00. The van der Waals surface area contributed by atoms with Gasteiger partial charge in [-0.15, -0.1) is 0 Å². The largest absolute Gasteiger partial charge is 0.367 e. The molecule has 0 aliphatic heterocycles. The quantitative estimate of drug-likeness (QED) is 0.554. The summed E-state index contributed by atoms with van der Waals surface area (Å²) in [4.78, 5) is 0. The molecule has 0 rings (SSSR count). The lowest BCUT2D eigenvalue weighted by molar-refractivity contribution is 0.0731. The molecule has 2 nitrogen and oxygen atoms in total. The molecule has 0 radical (unpaired) electrons. The van der Waals surface area contributed by atoms with Gasteiger partial charge in [-0.2, -0.15) is 0 Å². The molecule has 1 N–H and O–H groups in total. The smallest absolute Gasteiger partial charge is 0.107 e. The Kier molecular flexibility index (Phi) is 5.01. The molecule has 50 valence electrons. The van der Waals surface area contributed by atoms with Gasteiger partial charge in [0.1, 0.15) is 6.23 Å². The number of ether oxygens (including phenoxy) is 1. The second kappa shape index (κ2) is 5.06. The van der Waals surface area contributed by atoms with Crippen LogP contribution >= 0.6 is 0 Å². The van der Waals surface area contributed by atoms with Crippen LogP contribution in [0.15, 0.2) is 0 Å². The summed E-state index contributed by atoms with van der Waals surface area (Å²) in [5, 5.41) is 3.03. The van der Waals surface area contributed by atoms with E-state index in [9.17, 15) is 0 Å². The van der Waals surface area contributed by atoms with Gasteiger partial charge in [0, 0.05) is 7.11 Å². The van der Waals surface area contributed by atoms with Gasteiger partial charge in [-0.1, -0.05) is 13.3 Å². The highest BCUT2D eigenvalue weighted by Gasteiger charge is 1.98. The third-order valence-corrected chi connectivity index (χ3v) is 1.16. The highest BCUT2D eigenvalue weighted by atomic mass is 16.5. The molecule has 0 aromatic rings. The molecular formula is C6H15NO. The minimum absolute atomic E-state index is 0.250. The third-order valence-electron chi connectivity index (χ3n) is 1.16. The summed E-state index contributed by atoms with van der Waals surface area (Å²) in [7, 11) is 3.63. The highest BCUT2D eigenvalue weighted by molar-refractivity contribution is 4.47. The van der Waals surface area contributed by atoms with Gasteiger partial charge in [-0.05, 0) is 13.5 Å². The molecule has 0 aliphatic carbocycles. The summed E-state index contributed by atoms with van der Waals surface area (Å²) in [5.74, 6) is 0. The summed E-state index contributed by atoms with van der Waals surface area (Å²) in [6.07, 6.45) is 2.51. The van der Waals surface area contributed by atoms with E-state index in [0.717, 1.165) is 6.42 Å². The summed E-state index contributed by atoms with van der Waals surface area (Å²) < 4.78 is 5.03. The molecule has 0 saturated carbocycles. The van der Waals surface area contributed by atoms with Crippen molar-refractivity contribution in [1.29, 1.82) is 0 Å². The van der Waals surface area contributed by atoms with E-state index in [4.69, 9.17) is 4.74 Å². The summed E-state index contributed by atoms with van der Waals surface area (Å²) >= 11 is 0. The molecular weight excluding hydrogens is 102 g/mol. The first-order valence-corrected chi connectivity index (χ1v) is 3.05. The lowest BCUT2D eigenvalue weighted by Gasteiger charge is -2.11. The SMILES string of the molecule is CCC[C@@H](NC)OC. The molecule has 1 atom stereocenters. The van der Waals surface area contributed by atoms with Gasteiger partial charge < -0.3 is 4.74 Å². The Bertz CT molecular complexity index is 43.8. The fourth-order valence-electron chi connectivity index (χ4n) is 0.642. The van der Waals surface area contributed by atoms with E-state index >= 15 is 0 Å². The maximum atomic E-state index is 5.03. The predicted octanol–water partition coefficient (Wildman–Crippen LogP) is 0.978. The fourth-order valence-corrected chi connectivity index (χ4v) is 0.642. The first-order valence-electron chi connectivity index (χ1n) is 3.05. The highest BCUT2D eigenvalue weighted by Crippen LogP contribution is 1.94. The van der Waals surface area contributed by atoms with Crippen molar-refractivity contribution in [2.45, 2.75) is 26.0 Å². The molecule has 0 fully saturated rings. The Balaban J connectivity index is 3.07. The van der Waals surface area contributed by atoms with E-state index in [1.54, 1.807) is 7.11 Å². The van der Waals surface area contributed by atoms with Crippen LogP contribution in [0.5, 0.6) is 0 Å². The Morgan fingerprint density at radius 2 is 2.25 bits per heavy atom. The van der Waals surface area contributed by atoms with Gasteiger partial charge in [0.25, 0.3) is 0 Å². The van der Waals surface area contributed by atoms with E-state index < -0.39 is 0 Å². The van der Waals surface area contributed by atoms with Crippen molar-refractivity contribution in [3.63, 3.8) is 0 Å². The Labute approximate surface area is 51.2 Å². The number of hydrogen-bond acceptors (Lipinski definition) is 2. The minimum Gasteiger partial charge on any atom is -0.367 e. The van der Waals surface area contributed by atoms with Crippen molar-refractivity contribution in [2.24, 2.45) is 0 Å². The summed E-state index contributed by atoms with van der Waals surface area (Å²) in [5.41, 5.74) is 0. The normalized spacial score (nSPS) is 13.9. The Morgan fingerprint density at radius 3 is 2.38 bits per heavy atom. The molecule has 0 aliphatic rings. The van der Waals surface area contributed by atoms with Crippen LogP contribution in [-0.4, -0.2) is 20.4 Å². The van der Waals surface area contributed by atoms with Gasteiger partial charge in [0.05, 0.1) is 0 Å². The van der Waals surface area contributed by atoms with Crippen LogP contribution in [-0.2, 0) is 4.74 Å². The zero-order valence-corrected chi connectivity index (χ0v) is 5.90. The molecule has 0 aromatic carbocycles. The van der Waals surface area contributed by atoms with Crippen LogP contribution in [0.3, 0.4) is 0 Å². The van der Waals surface area contributed by atoms with Gasteiger partial charge >= 0.3 is 0 Å². The molecule has 0 saturated heterocycles. The van der Waals surface area contributed by atoms with E-state index in [1.165, 1.54) is 6.42 Å². The lowest BCUT2D eigenvalue weighted by Crippen LogP contribution is -2.26. The molecule has 8 heavy (non-hydrogen) atoms. The molecule has 2 heteroatoms. The number of rotatable bonds is 4. The molecule has 0 amide bonds. The number of hydrogen-bond donors (Lipinski definition) is 1. The minimum atomic E-state index is 0.250. The molecule has 0 bridgehead atoms. The van der Waals surface area contributed by atoms with E-state index in [2.05, 4.69) is 12.2 Å². The Hall–Kier alpha value is -0.0800. The van der Waals surface area contributed by atoms with E-state index in [1.807, 2.05) is 7.05 Å². The van der Waals surface area contributed by atoms with Crippen LogP contribution in [0, 0.1) is 0 Å². The van der Waals surface area contributed by atoms with E-state index in [-0.39, 0.29) is 6.23 Å². The Morgan fingerprint density at radius 1 is 1.62 bits per heavy atom. The van der Waals surface area contributed by atoms with E-state index in [0.29, 0.717) is 0 Å².